The third-order valence-corrected chi connectivity index (χ3v) is 3.51. The molecule has 1 saturated heterocycles. The summed E-state index contributed by atoms with van der Waals surface area (Å²) < 4.78 is 9.90. The van der Waals surface area contributed by atoms with Crippen molar-refractivity contribution in [2.45, 2.75) is 25.9 Å². The van der Waals surface area contributed by atoms with Gasteiger partial charge in [0, 0.05) is 25.1 Å². The van der Waals surface area contributed by atoms with Gasteiger partial charge in [0.2, 0.25) is 6.10 Å². The topological polar surface area (TPSA) is 68.2 Å². The number of carbonyl (C=O) groups excluding carboxylic acids is 2. The van der Waals surface area contributed by atoms with Gasteiger partial charge >= 0.3 is 11.9 Å². The van der Waals surface area contributed by atoms with E-state index in [4.69, 9.17) is 9.47 Å². The molecular formula is C15H16N2O4. The van der Waals surface area contributed by atoms with E-state index in [1.807, 2.05) is 24.1 Å². The van der Waals surface area contributed by atoms with Gasteiger partial charge in [-0.1, -0.05) is 0 Å². The molecule has 0 radical (unpaired) electrons. The van der Waals surface area contributed by atoms with Crippen LogP contribution in [0.1, 0.15) is 30.1 Å². The number of carbonyl (C=O) groups is 2. The van der Waals surface area contributed by atoms with E-state index in [0.29, 0.717) is 18.6 Å². The smallest absolute Gasteiger partial charge is 0.347 e. The van der Waals surface area contributed by atoms with Crippen LogP contribution in [0.2, 0.25) is 0 Å². The van der Waals surface area contributed by atoms with Crippen LogP contribution in [0.3, 0.4) is 0 Å². The molecule has 1 aromatic carbocycles. The number of esters is 2. The van der Waals surface area contributed by atoms with E-state index < -0.39 is 18.0 Å². The molecule has 0 aliphatic carbocycles. The number of nitrogens with zero attached hydrogens (tertiary/aromatic N) is 2. The Labute approximate surface area is 122 Å². The first-order chi connectivity index (χ1) is 10.1. The number of benzene rings is 1. The Morgan fingerprint density at radius 1 is 1.38 bits per heavy atom. The lowest BCUT2D eigenvalue weighted by Gasteiger charge is -2.14. The molecule has 2 aliphatic rings. The SMILES string of the molecule is CC1=NN(c2ccc(C(=O)O[C@H]3CCOC3=O)cc2)CC1. The number of cyclic esters (lactones) is 1. The molecule has 2 aliphatic heterocycles. The van der Waals surface area contributed by atoms with E-state index >= 15 is 0 Å². The summed E-state index contributed by atoms with van der Waals surface area (Å²) in [5.41, 5.74) is 2.44. The van der Waals surface area contributed by atoms with Crippen LogP contribution in [-0.4, -0.2) is 36.9 Å². The minimum Gasteiger partial charge on any atom is -0.463 e. The molecular weight excluding hydrogens is 272 g/mol. The van der Waals surface area contributed by atoms with Crippen LogP contribution in [0.5, 0.6) is 0 Å². The summed E-state index contributed by atoms with van der Waals surface area (Å²) in [6.07, 6.45) is 0.598. The molecule has 1 atom stereocenters. The van der Waals surface area contributed by atoms with Crippen molar-refractivity contribution in [1.29, 1.82) is 0 Å². The molecule has 0 saturated carbocycles. The van der Waals surface area contributed by atoms with Gasteiger partial charge in [-0.3, -0.25) is 5.01 Å². The molecule has 0 N–H and O–H groups in total. The van der Waals surface area contributed by atoms with E-state index in [0.717, 1.165) is 24.4 Å². The maximum Gasteiger partial charge on any atom is 0.347 e. The minimum atomic E-state index is -0.775. The number of anilines is 1. The van der Waals surface area contributed by atoms with Gasteiger partial charge in [0.25, 0.3) is 0 Å². The highest BCUT2D eigenvalue weighted by atomic mass is 16.6. The minimum absolute atomic E-state index is 0.308. The van der Waals surface area contributed by atoms with Gasteiger partial charge in [0.1, 0.15) is 0 Å². The first kappa shape index (κ1) is 13.6. The average Bonchev–Trinajstić information content (AvgIpc) is 3.08. The molecule has 0 aromatic heterocycles. The second-order valence-corrected chi connectivity index (χ2v) is 5.11. The number of ether oxygens (including phenoxy) is 2. The molecule has 0 unspecified atom stereocenters. The van der Waals surface area contributed by atoms with Crippen LogP contribution < -0.4 is 5.01 Å². The van der Waals surface area contributed by atoms with Crippen LogP contribution in [0.15, 0.2) is 29.4 Å². The van der Waals surface area contributed by atoms with Gasteiger partial charge in [-0.15, -0.1) is 0 Å². The largest absolute Gasteiger partial charge is 0.463 e. The van der Waals surface area contributed by atoms with Crippen LogP contribution in [0, 0.1) is 0 Å². The summed E-state index contributed by atoms with van der Waals surface area (Å²) in [7, 11) is 0. The quantitative estimate of drug-likeness (QED) is 0.793. The number of hydrazone groups is 1. The molecule has 110 valence electrons. The van der Waals surface area contributed by atoms with Crippen LogP contribution in [-0.2, 0) is 14.3 Å². The van der Waals surface area contributed by atoms with Crippen molar-refractivity contribution in [3.05, 3.63) is 29.8 Å². The van der Waals surface area contributed by atoms with Crippen LogP contribution in [0.25, 0.3) is 0 Å². The summed E-state index contributed by atoms with van der Waals surface area (Å²) in [4.78, 5) is 23.2. The first-order valence-corrected chi connectivity index (χ1v) is 6.93. The second kappa shape index (κ2) is 5.55. The fourth-order valence-electron chi connectivity index (χ4n) is 2.31. The van der Waals surface area contributed by atoms with Gasteiger partial charge in [-0.25, -0.2) is 9.59 Å². The summed E-state index contributed by atoms with van der Waals surface area (Å²) >= 11 is 0. The van der Waals surface area contributed by atoms with Crippen molar-refractivity contribution in [1.82, 2.24) is 0 Å². The second-order valence-electron chi connectivity index (χ2n) is 5.11. The molecule has 1 fully saturated rings. The highest BCUT2D eigenvalue weighted by Gasteiger charge is 2.30. The van der Waals surface area contributed by atoms with Gasteiger partial charge in [-0.2, -0.15) is 5.10 Å². The van der Waals surface area contributed by atoms with E-state index in [-0.39, 0.29) is 0 Å². The molecule has 0 amide bonds. The normalized spacial score (nSPS) is 21.2. The fraction of sp³-hybridized carbons (Fsp3) is 0.400. The molecule has 6 nitrogen and oxygen atoms in total. The third kappa shape index (κ3) is 2.89. The molecule has 0 bridgehead atoms. The Kier molecular flexibility index (Phi) is 3.60. The Bertz CT molecular complexity index is 594. The maximum atomic E-state index is 12.0. The highest BCUT2D eigenvalue weighted by molar-refractivity contribution is 5.92. The summed E-state index contributed by atoms with van der Waals surface area (Å²) in [5.74, 6) is -0.978. The monoisotopic (exact) mass is 288 g/mol. The Morgan fingerprint density at radius 2 is 2.14 bits per heavy atom. The predicted molar refractivity (Wildman–Crippen MR) is 76.3 cm³/mol. The lowest BCUT2D eigenvalue weighted by atomic mass is 10.2. The standard InChI is InChI=1S/C15H16N2O4/c1-10-6-8-17(16-10)12-4-2-11(3-5-12)14(18)21-13-7-9-20-15(13)19/h2-5,13H,6-9H2,1H3/t13-/m0/s1. The molecule has 6 heteroatoms. The third-order valence-electron chi connectivity index (χ3n) is 3.51. The molecule has 0 spiro atoms. The number of hydrogen-bond acceptors (Lipinski definition) is 6. The van der Waals surface area contributed by atoms with Crippen molar-refractivity contribution in [3.8, 4) is 0 Å². The van der Waals surface area contributed by atoms with E-state index in [1.54, 1.807) is 12.1 Å². The van der Waals surface area contributed by atoms with Gasteiger partial charge in [-0.05, 0) is 31.2 Å². The van der Waals surface area contributed by atoms with Crippen molar-refractivity contribution in [2.24, 2.45) is 5.10 Å². The predicted octanol–water partition coefficient (Wildman–Crippen LogP) is 1.74. The summed E-state index contributed by atoms with van der Waals surface area (Å²) in [6, 6.07) is 7.01. The summed E-state index contributed by atoms with van der Waals surface area (Å²) in [6.45, 7) is 3.15. The first-order valence-electron chi connectivity index (χ1n) is 6.93. The van der Waals surface area contributed by atoms with Gasteiger partial charge < -0.3 is 9.47 Å². The lowest BCUT2D eigenvalue weighted by molar-refractivity contribution is -0.145. The van der Waals surface area contributed by atoms with E-state index in [1.165, 1.54) is 0 Å². The van der Waals surface area contributed by atoms with E-state index in [9.17, 15) is 9.59 Å². The zero-order valence-corrected chi connectivity index (χ0v) is 11.7. The van der Waals surface area contributed by atoms with Gasteiger partial charge in [0.15, 0.2) is 0 Å². The molecule has 3 rings (SSSR count). The average molecular weight is 288 g/mol. The van der Waals surface area contributed by atoms with Crippen LogP contribution >= 0.6 is 0 Å². The van der Waals surface area contributed by atoms with Crippen LogP contribution in [0.4, 0.5) is 5.69 Å². The summed E-state index contributed by atoms with van der Waals surface area (Å²) in [5, 5.41) is 6.30. The van der Waals surface area contributed by atoms with Gasteiger partial charge in [0.05, 0.1) is 17.9 Å². The zero-order valence-electron chi connectivity index (χ0n) is 11.7. The van der Waals surface area contributed by atoms with Crippen molar-refractivity contribution >= 4 is 23.3 Å². The number of hydrogen-bond donors (Lipinski definition) is 0. The van der Waals surface area contributed by atoms with Crippen molar-refractivity contribution < 1.29 is 19.1 Å². The van der Waals surface area contributed by atoms with Crippen molar-refractivity contribution in [2.75, 3.05) is 18.2 Å². The van der Waals surface area contributed by atoms with E-state index in [2.05, 4.69) is 5.10 Å². The fourth-order valence-corrected chi connectivity index (χ4v) is 2.31. The molecule has 1 aromatic rings. The highest BCUT2D eigenvalue weighted by Crippen LogP contribution is 2.21. The Hall–Kier alpha value is -2.37. The molecule has 2 heterocycles. The molecule has 21 heavy (non-hydrogen) atoms. The Balaban J connectivity index is 1.66. The van der Waals surface area contributed by atoms with Crippen molar-refractivity contribution in [3.63, 3.8) is 0 Å². The zero-order chi connectivity index (χ0) is 14.8. The maximum absolute atomic E-state index is 12.0. The Morgan fingerprint density at radius 3 is 2.71 bits per heavy atom. The number of rotatable bonds is 3. The lowest BCUT2D eigenvalue weighted by Crippen LogP contribution is -2.22.